The van der Waals surface area contributed by atoms with Gasteiger partial charge in [0.15, 0.2) is 0 Å². The fourth-order valence-electron chi connectivity index (χ4n) is 2.43. The Hall–Kier alpha value is -0.410. The summed E-state index contributed by atoms with van der Waals surface area (Å²) in [6.07, 6.45) is 2.56. The zero-order valence-electron chi connectivity index (χ0n) is 9.20. The minimum absolute atomic E-state index is 0.342. The molecule has 2 aliphatic heterocycles. The molecule has 80 valence electrons. The lowest BCUT2D eigenvalue weighted by Gasteiger charge is -2.46. The molecule has 0 N–H and O–H groups in total. The molecule has 0 spiro atoms. The van der Waals surface area contributed by atoms with Crippen molar-refractivity contribution in [3.05, 3.63) is 0 Å². The third-order valence-electron chi connectivity index (χ3n) is 3.69. The van der Waals surface area contributed by atoms with Crippen LogP contribution in [-0.4, -0.2) is 54.9 Å². The van der Waals surface area contributed by atoms with Crippen molar-refractivity contribution < 1.29 is 4.79 Å². The first-order chi connectivity index (χ1) is 6.66. The first-order valence-electron chi connectivity index (χ1n) is 5.60. The molecule has 0 atom stereocenters. The predicted molar refractivity (Wildman–Crippen MR) is 56.3 cm³/mol. The van der Waals surface area contributed by atoms with Crippen LogP contribution < -0.4 is 0 Å². The van der Waals surface area contributed by atoms with E-state index >= 15 is 0 Å². The van der Waals surface area contributed by atoms with Crippen LogP contribution in [0.5, 0.6) is 0 Å². The zero-order valence-corrected chi connectivity index (χ0v) is 9.20. The molecule has 0 aliphatic carbocycles. The molecule has 0 bridgehead atoms. The second-order valence-electron chi connectivity index (χ2n) is 4.80. The second-order valence-corrected chi connectivity index (χ2v) is 4.80. The maximum absolute atomic E-state index is 11.1. The largest absolute Gasteiger partial charge is 0.306 e. The third-order valence-corrected chi connectivity index (χ3v) is 3.69. The summed E-state index contributed by atoms with van der Waals surface area (Å²) in [4.78, 5) is 15.9. The first kappa shape index (κ1) is 10.1. The number of ketones is 1. The van der Waals surface area contributed by atoms with Gasteiger partial charge in [-0.25, -0.2) is 0 Å². The number of carbonyl (C=O) groups is 1. The van der Waals surface area contributed by atoms with Gasteiger partial charge in [-0.15, -0.1) is 0 Å². The van der Waals surface area contributed by atoms with Crippen LogP contribution in [0.15, 0.2) is 0 Å². The summed E-state index contributed by atoms with van der Waals surface area (Å²) >= 11 is 0. The van der Waals surface area contributed by atoms with E-state index < -0.39 is 0 Å². The lowest BCUT2D eigenvalue weighted by Crippen LogP contribution is -2.56. The highest BCUT2D eigenvalue weighted by atomic mass is 16.1. The van der Waals surface area contributed by atoms with Crippen LogP contribution in [0, 0.1) is 5.92 Å². The minimum atomic E-state index is 0.342. The number of carbonyl (C=O) groups excluding carboxylic acids is 1. The van der Waals surface area contributed by atoms with Gasteiger partial charge < -0.3 is 4.90 Å². The Balaban J connectivity index is 1.74. The molecule has 14 heavy (non-hydrogen) atoms. The molecule has 3 heteroatoms. The quantitative estimate of drug-likeness (QED) is 0.646. The summed E-state index contributed by atoms with van der Waals surface area (Å²) in [5.74, 6) is 0.712. The second kappa shape index (κ2) is 3.99. The van der Waals surface area contributed by atoms with Crippen LogP contribution in [0.4, 0.5) is 0 Å². The van der Waals surface area contributed by atoms with Crippen LogP contribution in [0.3, 0.4) is 0 Å². The molecule has 0 unspecified atom stereocenters. The molecule has 2 heterocycles. The molecule has 0 saturated carbocycles. The molecule has 3 nitrogen and oxygen atoms in total. The van der Waals surface area contributed by atoms with Gasteiger partial charge in [-0.2, -0.15) is 0 Å². The molecule has 2 fully saturated rings. The Bertz CT molecular complexity index is 215. The van der Waals surface area contributed by atoms with Gasteiger partial charge in [0.1, 0.15) is 5.78 Å². The van der Waals surface area contributed by atoms with Gasteiger partial charge in [0.25, 0.3) is 0 Å². The molecule has 0 aromatic rings. The van der Waals surface area contributed by atoms with Crippen LogP contribution in [0.1, 0.15) is 19.8 Å². The van der Waals surface area contributed by atoms with E-state index in [4.69, 9.17) is 0 Å². The molecule has 2 saturated heterocycles. The third kappa shape index (κ3) is 1.98. The van der Waals surface area contributed by atoms with E-state index in [1.165, 1.54) is 25.9 Å². The van der Waals surface area contributed by atoms with Crippen molar-refractivity contribution in [1.82, 2.24) is 9.80 Å². The summed E-state index contributed by atoms with van der Waals surface area (Å²) in [6, 6.07) is 0.752. The van der Waals surface area contributed by atoms with E-state index in [1.54, 1.807) is 6.92 Å². The Labute approximate surface area is 86.1 Å². The van der Waals surface area contributed by atoms with Crippen molar-refractivity contribution in [2.45, 2.75) is 25.8 Å². The molecule has 2 aliphatic rings. The highest BCUT2D eigenvalue weighted by Gasteiger charge is 2.35. The summed E-state index contributed by atoms with van der Waals surface area (Å²) in [6.45, 7) is 6.18. The van der Waals surface area contributed by atoms with Crippen LogP contribution in [0.2, 0.25) is 0 Å². The Morgan fingerprint density at radius 2 is 1.79 bits per heavy atom. The van der Waals surface area contributed by atoms with Gasteiger partial charge >= 0.3 is 0 Å². The van der Waals surface area contributed by atoms with Crippen LogP contribution >= 0.6 is 0 Å². The van der Waals surface area contributed by atoms with Crippen LogP contribution in [-0.2, 0) is 4.79 Å². The van der Waals surface area contributed by atoms with E-state index in [0.29, 0.717) is 11.7 Å². The van der Waals surface area contributed by atoms with E-state index in [2.05, 4.69) is 16.8 Å². The first-order valence-corrected chi connectivity index (χ1v) is 5.60. The van der Waals surface area contributed by atoms with Crippen molar-refractivity contribution in [3.8, 4) is 0 Å². The van der Waals surface area contributed by atoms with Crippen LogP contribution in [0.25, 0.3) is 0 Å². The standard InChI is InChI=1S/C11H20N2O/c1-9(14)10-7-13(8-10)11-3-5-12(2)6-4-11/h10-11H,3-8H2,1-2H3. The summed E-state index contributed by atoms with van der Waals surface area (Å²) in [5, 5.41) is 0. The van der Waals surface area contributed by atoms with Gasteiger partial charge in [-0.3, -0.25) is 9.69 Å². The topological polar surface area (TPSA) is 23.6 Å². The molecule has 2 rings (SSSR count). The summed E-state index contributed by atoms with van der Waals surface area (Å²) in [5.41, 5.74) is 0. The van der Waals surface area contributed by atoms with Crippen molar-refractivity contribution >= 4 is 5.78 Å². The fraction of sp³-hybridized carbons (Fsp3) is 0.909. The Morgan fingerprint density at radius 1 is 1.21 bits per heavy atom. The molecular weight excluding hydrogens is 176 g/mol. The van der Waals surface area contributed by atoms with Crippen molar-refractivity contribution in [3.63, 3.8) is 0 Å². The number of rotatable bonds is 2. The zero-order chi connectivity index (χ0) is 10.1. The maximum Gasteiger partial charge on any atom is 0.135 e. The SMILES string of the molecule is CC(=O)C1CN(C2CCN(C)CC2)C1. The number of hydrogen-bond donors (Lipinski definition) is 0. The Morgan fingerprint density at radius 3 is 2.29 bits per heavy atom. The molecule has 0 aromatic heterocycles. The van der Waals surface area contributed by atoms with Gasteiger partial charge in [-0.1, -0.05) is 0 Å². The highest BCUT2D eigenvalue weighted by Crippen LogP contribution is 2.24. The van der Waals surface area contributed by atoms with E-state index in [1.807, 2.05) is 0 Å². The van der Waals surface area contributed by atoms with Gasteiger partial charge in [0.2, 0.25) is 0 Å². The normalized spacial score (nSPS) is 27.6. The number of piperidine rings is 1. The monoisotopic (exact) mass is 196 g/mol. The van der Waals surface area contributed by atoms with E-state index in [9.17, 15) is 4.79 Å². The molecule has 0 amide bonds. The summed E-state index contributed by atoms with van der Waals surface area (Å²) in [7, 11) is 2.19. The summed E-state index contributed by atoms with van der Waals surface area (Å²) < 4.78 is 0. The number of likely N-dealkylation sites (tertiary alicyclic amines) is 2. The lowest BCUT2D eigenvalue weighted by atomic mass is 9.91. The van der Waals surface area contributed by atoms with Gasteiger partial charge in [0.05, 0.1) is 0 Å². The van der Waals surface area contributed by atoms with Crippen molar-refractivity contribution in [1.29, 1.82) is 0 Å². The molecule has 0 aromatic carbocycles. The predicted octanol–water partition coefficient (Wildman–Crippen LogP) is 0.601. The van der Waals surface area contributed by atoms with Gasteiger partial charge in [0, 0.05) is 25.0 Å². The lowest BCUT2D eigenvalue weighted by molar-refractivity contribution is -0.127. The fourth-order valence-corrected chi connectivity index (χ4v) is 2.43. The average molecular weight is 196 g/mol. The van der Waals surface area contributed by atoms with E-state index in [0.717, 1.165) is 19.1 Å². The number of Topliss-reactive ketones (excluding diaryl/α,β-unsaturated/α-hetero) is 1. The van der Waals surface area contributed by atoms with Crippen molar-refractivity contribution in [2.75, 3.05) is 33.2 Å². The molecular formula is C11H20N2O. The Kier molecular flexibility index (Phi) is 2.88. The maximum atomic E-state index is 11.1. The number of nitrogens with zero attached hydrogens (tertiary/aromatic N) is 2. The van der Waals surface area contributed by atoms with E-state index in [-0.39, 0.29) is 0 Å². The average Bonchev–Trinajstić information content (AvgIpc) is 2.05. The highest BCUT2D eigenvalue weighted by molar-refractivity contribution is 5.79. The van der Waals surface area contributed by atoms with Crippen molar-refractivity contribution in [2.24, 2.45) is 5.92 Å². The smallest absolute Gasteiger partial charge is 0.135 e. The minimum Gasteiger partial charge on any atom is -0.306 e. The number of hydrogen-bond acceptors (Lipinski definition) is 3. The molecule has 0 radical (unpaired) electrons. The van der Waals surface area contributed by atoms with Gasteiger partial charge in [-0.05, 0) is 39.9 Å².